The molecular formula is C30H29NO5. The van der Waals surface area contributed by atoms with Crippen LogP contribution in [0.4, 0.5) is 5.69 Å². The van der Waals surface area contributed by atoms with Crippen LogP contribution in [-0.4, -0.2) is 26.7 Å². The normalized spacial score (nSPS) is 12.9. The van der Waals surface area contributed by atoms with Crippen molar-refractivity contribution in [2.75, 3.05) is 26.1 Å². The van der Waals surface area contributed by atoms with Gasteiger partial charge in [-0.3, -0.25) is 4.79 Å². The molecule has 1 amide bonds. The summed E-state index contributed by atoms with van der Waals surface area (Å²) in [5, 5.41) is 2.89. The Bertz CT molecular complexity index is 1310. The number of hydrogen-bond donors (Lipinski definition) is 1. The van der Waals surface area contributed by atoms with E-state index in [9.17, 15) is 4.79 Å². The van der Waals surface area contributed by atoms with Gasteiger partial charge in [-0.15, -0.1) is 0 Å². The highest BCUT2D eigenvalue weighted by Gasteiger charge is 2.14. The highest BCUT2D eigenvalue weighted by Crippen LogP contribution is 2.34. The topological polar surface area (TPSA) is 66.0 Å². The van der Waals surface area contributed by atoms with Gasteiger partial charge < -0.3 is 24.3 Å². The Morgan fingerprint density at radius 1 is 0.972 bits per heavy atom. The molecule has 1 aliphatic rings. The van der Waals surface area contributed by atoms with E-state index in [1.807, 2.05) is 79.7 Å². The predicted molar refractivity (Wildman–Crippen MR) is 142 cm³/mol. The Balaban J connectivity index is 1.41. The molecule has 0 atom stereocenters. The molecule has 6 heteroatoms. The van der Waals surface area contributed by atoms with Gasteiger partial charge >= 0.3 is 0 Å². The molecule has 0 aliphatic carbocycles. The minimum Gasteiger partial charge on any atom is -0.497 e. The van der Waals surface area contributed by atoms with Crippen molar-refractivity contribution in [2.45, 2.75) is 13.5 Å². The van der Waals surface area contributed by atoms with E-state index in [4.69, 9.17) is 18.9 Å². The fourth-order valence-corrected chi connectivity index (χ4v) is 3.84. The van der Waals surface area contributed by atoms with Gasteiger partial charge in [0.2, 0.25) is 5.91 Å². The Morgan fingerprint density at radius 3 is 2.53 bits per heavy atom. The zero-order valence-electron chi connectivity index (χ0n) is 20.6. The fraction of sp³-hybridized carbons (Fsp3) is 0.167. The van der Waals surface area contributed by atoms with Gasteiger partial charge in [0.1, 0.15) is 19.0 Å². The Labute approximate surface area is 211 Å². The molecule has 0 radical (unpaired) electrons. The third-order valence-corrected chi connectivity index (χ3v) is 5.68. The maximum atomic E-state index is 12.6. The first kappa shape index (κ1) is 24.7. The minimum absolute atomic E-state index is 0.255. The van der Waals surface area contributed by atoms with Gasteiger partial charge in [0.05, 0.1) is 20.5 Å². The lowest BCUT2D eigenvalue weighted by atomic mass is 9.97. The number of hydrogen-bond acceptors (Lipinski definition) is 5. The molecule has 3 aromatic rings. The van der Waals surface area contributed by atoms with E-state index in [1.165, 1.54) is 6.08 Å². The standard InChI is InChI=1S/C30H29NO5/c1-21-19-35-16-15-25(21)26-12-11-24(18-28(26)33-2)31-30(32)14-10-22-9-13-27(29(17-22)34-3)36-20-23-7-5-4-6-8-23/h4-15,17-19H,16,20H2,1-3H3,(H,31,32). The van der Waals surface area contributed by atoms with Crippen LogP contribution in [0.5, 0.6) is 17.2 Å². The Kier molecular flexibility index (Phi) is 8.08. The van der Waals surface area contributed by atoms with E-state index < -0.39 is 0 Å². The van der Waals surface area contributed by atoms with Gasteiger partial charge in [-0.05, 0) is 65.6 Å². The van der Waals surface area contributed by atoms with Crippen LogP contribution in [0.25, 0.3) is 11.6 Å². The van der Waals surface area contributed by atoms with Crippen LogP contribution in [-0.2, 0) is 16.1 Å². The van der Waals surface area contributed by atoms with Crippen molar-refractivity contribution < 1.29 is 23.7 Å². The van der Waals surface area contributed by atoms with Gasteiger partial charge in [0, 0.05) is 23.4 Å². The highest BCUT2D eigenvalue weighted by molar-refractivity contribution is 6.02. The van der Waals surface area contributed by atoms with Crippen molar-refractivity contribution in [2.24, 2.45) is 0 Å². The number of carbonyl (C=O) groups is 1. The summed E-state index contributed by atoms with van der Waals surface area (Å²) in [7, 11) is 3.21. The smallest absolute Gasteiger partial charge is 0.248 e. The number of nitrogens with one attached hydrogen (secondary N) is 1. The summed E-state index contributed by atoms with van der Waals surface area (Å²) in [6, 6.07) is 21.1. The molecule has 36 heavy (non-hydrogen) atoms. The van der Waals surface area contributed by atoms with Crippen LogP contribution >= 0.6 is 0 Å². The van der Waals surface area contributed by atoms with Crippen molar-refractivity contribution in [3.63, 3.8) is 0 Å². The summed E-state index contributed by atoms with van der Waals surface area (Å²) in [5.74, 6) is 1.66. The minimum atomic E-state index is -0.255. The SMILES string of the molecule is COc1cc(C=CC(=O)Nc2ccc(C3=CCOC=C3C)c(OC)c2)ccc1OCc1ccccc1. The Morgan fingerprint density at radius 2 is 1.78 bits per heavy atom. The van der Waals surface area contributed by atoms with Crippen LogP contribution in [0.15, 0.2) is 90.7 Å². The zero-order chi connectivity index (χ0) is 25.3. The molecule has 0 aromatic heterocycles. The van der Waals surface area contributed by atoms with Crippen molar-refractivity contribution in [3.05, 3.63) is 107 Å². The molecule has 0 spiro atoms. The zero-order valence-corrected chi connectivity index (χ0v) is 20.6. The Hall–Kier alpha value is -4.45. The van der Waals surface area contributed by atoms with Crippen molar-refractivity contribution >= 4 is 23.2 Å². The first-order valence-electron chi connectivity index (χ1n) is 11.6. The lowest BCUT2D eigenvalue weighted by Crippen LogP contribution is -2.08. The van der Waals surface area contributed by atoms with Crippen LogP contribution in [0.3, 0.4) is 0 Å². The van der Waals surface area contributed by atoms with Gasteiger partial charge in [0.25, 0.3) is 0 Å². The van der Waals surface area contributed by atoms with Gasteiger partial charge in [-0.1, -0.05) is 36.4 Å². The van der Waals surface area contributed by atoms with Crippen LogP contribution < -0.4 is 19.5 Å². The van der Waals surface area contributed by atoms with Crippen molar-refractivity contribution in [1.82, 2.24) is 0 Å². The van der Waals surface area contributed by atoms with E-state index in [1.54, 1.807) is 26.6 Å². The molecule has 0 saturated carbocycles. The number of ether oxygens (including phenoxy) is 4. The average molecular weight is 484 g/mol. The summed E-state index contributed by atoms with van der Waals surface area (Å²) in [6.07, 6.45) is 6.96. The second kappa shape index (κ2) is 11.8. The molecule has 0 unspecified atom stereocenters. The summed E-state index contributed by atoms with van der Waals surface area (Å²) < 4.78 is 22.3. The van der Waals surface area contributed by atoms with Crippen molar-refractivity contribution in [1.29, 1.82) is 0 Å². The van der Waals surface area contributed by atoms with Crippen LogP contribution in [0.2, 0.25) is 0 Å². The van der Waals surface area contributed by atoms with Gasteiger partial charge in [-0.25, -0.2) is 0 Å². The fourth-order valence-electron chi connectivity index (χ4n) is 3.84. The average Bonchev–Trinajstić information content (AvgIpc) is 2.92. The maximum absolute atomic E-state index is 12.6. The van der Waals surface area contributed by atoms with E-state index in [-0.39, 0.29) is 5.91 Å². The molecular weight excluding hydrogens is 454 g/mol. The molecule has 1 N–H and O–H groups in total. The van der Waals surface area contributed by atoms with E-state index in [0.717, 1.165) is 27.8 Å². The molecule has 6 nitrogen and oxygen atoms in total. The monoisotopic (exact) mass is 483 g/mol. The molecule has 4 rings (SSSR count). The van der Waals surface area contributed by atoms with Crippen molar-refractivity contribution in [3.8, 4) is 17.2 Å². The number of benzene rings is 3. The number of amides is 1. The summed E-state index contributed by atoms with van der Waals surface area (Å²) in [4.78, 5) is 12.6. The van der Waals surface area contributed by atoms with Crippen LogP contribution in [0.1, 0.15) is 23.6 Å². The number of rotatable bonds is 9. The quantitative estimate of drug-likeness (QED) is 0.364. The molecule has 3 aromatic carbocycles. The van der Waals surface area contributed by atoms with E-state index >= 15 is 0 Å². The third-order valence-electron chi connectivity index (χ3n) is 5.68. The van der Waals surface area contributed by atoms with E-state index in [0.29, 0.717) is 36.1 Å². The van der Waals surface area contributed by atoms with E-state index in [2.05, 4.69) is 5.32 Å². The summed E-state index contributed by atoms with van der Waals surface area (Å²) >= 11 is 0. The lowest BCUT2D eigenvalue weighted by molar-refractivity contribution is -0.111. The number of anilines is 1. The highest BCUT2D eigenvalue weighted by atomic mass is 16.5. The second-order valence-corrected chi connectivity index (χ2v) is 8.17. The maximum Gasteiger partial charge on any atom is 0.248 e. The summed E-state index contributed by atoms with van der Waals surface area (Å²) in [6.45, 7) is 2.95. The first-order valence-corrected chi connectivity index (χ1v) is 11.6. The largest absolute Gasteiger partial charge is 0.497 e. The van der Waals surface area contributed by atoms with Gasteiger partial charge in [0.15, 0.2) is 11.5 Å². The second-order valence-electron chi connectivity index (χ2n) is 8.17. The number of methoxy groups -OCH3 is 2. The third kappa shape index (κ3) is 6.16. The number of allylic oxidation sites excluding steroid dienone is 2. The van der Waals surface area contributed by atoms with Crippen LogP contribution in [0, 0.1) is 0 Å². The predicted octanol–water partition coefficient (Wildman–Crippen LogP) is 6.25. The van der Waals surface area contributed by atoms with Gasteiger partial charge in [-0.2, -0.15) is 0 Å². The molecule has 1 aliphatic heterocycles. The lowest BCUT2D eigenvalue weighted by Gasteiger charge is -2.17. The summed E-state index contributed by atoms with van der Waals surface area (Å²) in [5.41, 5.74) is 5.55. The first-order chi connectivity index (χ1) is 17.6. The molecule has 0 fully saturated rings. The molecule has 1 heterocycles. The molecule has 184 valence electrons. The molecule has 0 bridgehead atoms. The molecule has 0 saturated heterocycles. The number of carbonyl (C=O) groups excluding carboxylic acids is 1.